The van der Waals surface area contributed by atoms with Gasteiger partial charge in [-0.1, -0.05) is 17.7 Å². The molecule has 0 saturated heterocycles. The Kier molecular flexibility index (Phi) is 3.33. The van der Waals surface area contributed by atoms with E-state index in [1.165, 1.54) is 0 Å². The van der Waals surface area contributed by atoms with Crippen molar-refractivity contribution in [1.82, 2.24) is 9.55 Å². The molecule has 1 saturated carbocycles. The molecule has 4 nitrogen and oxygen atoms in total. The molecule has 1 aliphatic rings. The highest BCUT2D eigenvalue weighted by molar-refractivity contribution is 9.10. The van der Waals surface area contributed by atoms with Crippen molar-refractivity contribution in [3.8, 4) is 0 Å². The molecule has 0 radical (unpaired) electrons. The first-order valence-corrected chi connectivity index (χ1v) is 7.12. The quantitative estimate of drug-likeness (QED) is 0.862. The molecule has 1 aliphatic carbocycles. The SMILES string of the molecule is O=C(Nc1cccc(Br)n1)c1cc(Cl)cn1C1CC1. The first-order chi connectivity index (χ1) is 9.13. The Bertz CT molecular complexity index is 637. The monoisotopic (exact) mass is 339 g/mol. The van der Waals surface area contributed by atoms with Crippen molar-refractivity contribution >= 4 is 39.3 Å². The molecule has 3 rings (SSSR count). The number of carbonyl (C=O) groups is 1. The van der Waals surface area contributed by atoms with Crippen molar-refractivity contribution in [2.45, 2.75) is 18.9 Å². The Morgan fingerprint density at radius 1 is 1.47 bits per heavy atom. The van der Waals surface area contributed by atoms with E-state index in [4.69, 9.17) is 11.6 Å². The summed E-state index contributed by atoms with van der Waals surface area (Å²) in [5, 5.41) is 3.36. The van der Waals surface area contributed by atoms with E-state index >= 15 is 0 Å². The largest absolute Gasteiger partial charge is 0.339 e. The first-order valence-electron chi connectivity index (χ1n) is 5.95. The van der Waals surface area contributed by atoms with Gasteiger partial charge in [-0.3, -0.25) is 4.79 Å². The fraction of sp³-hybridized carbons (Fsp3) is 0.231. The van der Waals surface area contributed by atoms with E-state index in [0.29, 0.717) is 27.2 Å². The molecule has 0 aromatic carbocycles. The number of amides is 1. The Morgan fingerprint density at radius 2 is 2.26 bits per heavy atom. The normalized spacial score (nSPS) is 14.4. The fourth-order valence-electron chi connectivity index (χ4n) is 1.94. The third-order valence-corrected chi connectivity index (χ3v) is 3.59. The lowest BCUT2D eigenvalue weighted by atomic mass is 10.3. The summed E-state index contributed by atoms with van der Waals surface area (Å²) in [6.07, 6.45) is 4.00. The lowest BCUT2D eigenvalue weighted by Crippen LogP contribution is -2.17. The van der Waals surface area contributed by atoms with Crippen LogP contribution in [0.5, 0.6) is 0 Å². The number of nitrogens with one attached hydrogen (secondary N) is 1. The number of hydrogen-bond acceptors (Lipinski definition) is 2. The second-order valence-electron chi connectivity index (χ2n) is 4.48. The topological polar surface area (TPSA) is 46.9 Å². The summed E-state index contributed by atoms with van der Waals surface area (Å²) >= 11 is 9.26. The van der Waals surface area contributed by atoms with Gasteiger partial charge in [-0.2, -0.15) is 0 Å². The fourth-order valence-corrected chi connectivity index (χ4v) is 2.49. The molecule has 0 bridgehead atoms. The zero-order valence-corrected chi connectivity index (χ0v) is 12.3. The summed E-state index contributed by atoms with van der Waals surface area (Å²) in [5.74, 6) is 0.323. The van der Waals surface area contributed by atoms with Crippen LogP contribution in [0.2, 0.25) is 5.02 Å². The van der Waals surface area contributed by atoms with Gasteiger partial charge in [0.2, 0.25) is 0 Å². The van der Waals surface area contributed by atoms with Gasteiger partial charge in [0, 0.05) is 12.2 Å². The van der Waals surface area contributed by atoms with Crippen molar-refractivity contribution in [2.75, 3.05) is 5.32 Å². The molecule has 6 heteroatoms. The van der Waals surface area contributed by atoms with Crippen molar-refractivity contribution in [3.63, 3.8) is 0 Å². The number of hydrogen-bond donors (Lipinski definition) is 1. The predicted octanol–water partition coefficient (Wildman–Crippen LogP) is 3.89. The number of rotatable bonds is 3. The summed E-state index contributed by atoms with van der Waals surface area (Å²) in [6, 6.07) is 7.46. The minimum Gasteiger partial charge on any atom is -0.339 e. The van der Waals surface area contributed by atoms with Gasteiger partial charge in [-0.05, 0) is 47.0 Å². The Morgan fingerprint density at radius 3 is 2.95 bits per heavy atom. The van der Waals surface area contributed by atoms with Gasteiger partial charge >= 0.3 is 0 Å². The van der Waals surface area contributed by atoms with Crippen LogP contribution in [-0.2, 0) is 0 Å². The minimum atomic E-state index is -0.190. The summed E-state index contributed by atoms with van der Waals surface area (Å²) in [6.45, 7) is 0. The molecular weight excluding hydrogens is 330 g/mol. The van der Waals surface area contributed by atoms with Crippen molar-refractivity contribution in [1.29, 1.82) is 0 Å². The highest BCUT2D eigenvalue weighted by atomic mass is 79.9. The maximum atomic E-state index is 12.2. The van der Waals surface area contributed by atoms with Crippen molar-refractivity contribution in [2.24, 2.45) is 0 Å². The van der Waals surface area contributed by atoms with Gasteiger partial charge in [0.05, 0.1) is 5.02 Å². The Hall–Kier alpha value is -1.33. The Balaban J connectivity index is 1.84. The molecule has 2 aromatic heterocycles. The van der Waals surface area contributed by atoms with Crippen LogP contribution in [0, 0.1) is 0 Å². The number of aromatic nitrogens is 2. The van der Waals surface area contributed by atoms with E-state index in [1.54, 1.807) is 18.2 Å². The third kappa shape index (κ3) is 2.82. The summed E-state index contributed by atoms with van der Waals surface area (Å²) < 4.78 is 2.62. The second kappa shape index (κ2) is 4.98. The zero-order chi connectivity index (χ0) is 13.4. The van der Waals surface area contributed by atoms with Crippen LogP contribution in [0.1, 0.15) is 29.4 Å². The summed E-state index contributed by atoms with van der Waals surface area (Å²) in [4.78, 5) is 16.4. The molecule has 0 atom stereocenters. The molecule has 1 fully saturated rings. The van der Waals surface area contributed by atoms with Crippen LogP contribution in [-0.4, -0.2) is 15.5 Å². The van der Waals surface area contributed by atoms with E-state index in [2.05, 4.69) is 26.2 Å². The predicted molar refractivity (Wildman–Crippen MR) is 77.6 cm³/mol. The minimum absolute atomic E-state index is 0.190. The molecule has 0 spiro atoms. The van der Waals surface area contributed by atoms with E-state index < -0.39 is 0 Å². The van der Waals surface area contributed by atoms with Crippen LogP contribution in [0.3, 0.4) is 0 Å². The van der Waals surface area contributed by atoms with Crippen molar-refractivity contribution in [3.05, 3.63) is 45.8 Å². The zero-order valence-electron chi connectivity index (χ0n) is 9.94. The maximum Gasteiger partial charge on any atom is 0.273 e. The molecule has 2 aromatic rings. The van der Waals surface area contributed by atoms with Crippen LogP contribution < -0.4 is 5.32 Å². The molecule has 0 aliphatic heterocycles. The standard InChI is InChI=1S/C13H11BrClN3O/c14-11-2-1-3-12(16-11)17-13(19)10-6-8(15)7-18(10)9-4-5-9/h1-3,6-7,9H,4-5H2,(H,16,17,19). The number of halogens is 2. The lowest BCUT2D eigenvalue weighted by molar-refractivity contribution is 0.101. The molecule has 1 N–H and O–H groups in total. The molecule has 1 amide bonds. The number of anilines is 1. The van der Waals surface area contributed by atoms with E-state index in [1.807, 2.05) is 16.8 Å². The highest BCUT2D eigenvalue weighted by Crippen LogP contribution is 2.37. The van der Waals surface area contributed by atoms with E-state index in [-0.39, 0.29) is 5.91 Å². The number of carbonyl (C=O) groups excluding carboxylic acids is 1. The number of pyridine rings is 1. The van der Waals surface area contributed by atoms with Crippen LogP contribution in [0.15, 0.2) is 35.1 Å². The molecular formula is C13H11BrClN3O. The van der Waals surface area contributed by atoms with Crippen LogP contribution in [0.4, 0.5) is 5.82 Å². The lowest BCUT2D eigenvalue weighted by Gasteiger charge is -2.08. The summed E-state index contributed by atoms with van der Waals surface area (Å²) in [5.41, 5.74) is 0.578. The van der Waals surface area contributed by atoms with Gasteiger partial charge in [-0.25, -0.2) is 4.98 Å². The van der Waals surface area contributed by atoms with Gasteiger partial charge < -0.3 is 9.88 Å². The Labute approximate surface area is 123 Å². The van der Waals surface area contributed by atoms with E-state index in [0.717, 1.165) is 12.8 Å². The van der Waals surface area contributed by atoms with Gasteiger partial charge in [0.25, 0.3) is 5.91 Å². The van der Waals surface area contributed by atoms with Gasteiger partial charge in [-0.15, -0.1) is 0 Å². The molecule has 2 heterocycles. The average molecular weight is 341 g/mol. The summed E-state index contributed by atoms with van der Waals surface area (Å²) in [7, 11) is 0. The molecule has 0 unspecified atom stereocenters. The molecule has 98 valence electrons. The third-order valence-electron chi connectivity index (χ3n) is 2.94. The van der Waals surface area contributed by atoms with E-state index in [9.17, 15) is 4.79 Å². The average Bonchev–Trinajstić information content (AvgIpc) is 3.12. The first kappa shape index (κ1) is 12.7. The van der Waals surface area contributed by atoms with Gasteiger partial charge in [0.1, 0.15) is 16.1 Å². The second-order valence-corrected chi connectivity index (χ2v) is 5.73. The molecule has 19 heavy (non-hydrogen) atoms. The van der Waals surface area contributed by atoms with Crippen LogP contribution >= 0.6 is 27.5 Å². The highest BCUT2D eigenvalue weighted by Gasteiger charge is 2.27. The van der Waals surface area contributed by atoms with Gasteiger partial charge in [0.15, 0.2) is 0 Å². The van der Waals surface area contributed by atoms with Crippen molar-refractivity contribution < 1.29 is 4.79 Å². The van der Waals surface area contributed by atoms with Crippen LogP contribution in [0.25, 0.3) is 0 Å². The maximum absolute atomic E-state index is 12.2. The number of nitrogens with zero attached hydrogens (tertiary/aromatic N) is 2. The smallest absolute Gasteiger partial charge is 0.273 e.